The van der Waals surface area contributed by atoms with Crippen LogP contribution in [0.5, 0.6) is 11.5 Å². The number of halogens is 2. The van der Waals surface area contributed by atoms with E-state index in [1.165, 1.54) is 22.5 Å². The Hall–Kier alpha value is -3.09. The van der Waals surface area contributed by atoms with E-state index in [-0.39, 0.29) is 37.7 Å². The number of unbranched alkanes of at least 4 members (excludes halogenated alkanes) is 3. The van der Waals surface area contributed by atoms with E-state index in [1.54, 1.807) is 18.2 Å². The zero-order valence-electron chi connectivity index (χ0n) is 19.8. The van der Waals surface area contributed by atoms with Gasteiger partial charge in [-0.05, 0) is 30.7 Å². The smallest absolute Gasteiger partial charge is 0.263 e. The quantitative estimate of drug-likeness (QED) is 0.279. The first-order valence-corrected chi connectivity index (χ1v) is 13.1. The van der Waals surface area contributed by atoms with Crippen LogP contribution >= 0.6 is 0 Å². The number of nitrogens with one attached hydrogen (secondary N) is 1. The first-order valence-electron chi connectivity index (χ1n) is 11.6. The van der Waals surface area contributed by atoms with Crippen molar-refractivity contribution in [1.82, 2.24) is 14.7 Å². The van der Waals surface area contributed by atoms with Crippen LogP contribution in [0.1, 0.15) is 39.0 Å². The Labute approximate surface area is 208 Å². The van der Waals surface area contributed by atoms with Gasteiger partial charge in [-0.1, -0.05) is 44.4 Å². The molecule has 9 nitrogen and oxygen atoms in total. The molecule has 2 aromatic carbocycles. The topological polar surface area (TPSA) is 116 Å². The number of carbonyl (C=O) groups excluding carboxylic acids is 2. The summed E-state index contributed by atoms with van der Waals surface area (Å²) in [6.07, 6.45) is 3.77. The number of sulfonamides is 1. The predicted octanol–water partition coefficient (Wildman–Crippen LogP) is 3.43. The number of amides is 2. The van der Waals surface area contributed by atoms with Crippen LogP contribution in [0, 0.1) is 11.6 Å². The number of para-hydroxylation sites is 1. The van der Waals surface area contributed by atoms with E-state index in [0.717, 1.165) is 23.6 Å². The number of piperazine rings is 1. The molecule has 0 unspecified atom stereocenters. The Bertz CT molecular complexity index is 1160. The fraction of sp³-hybridized carbons (Fsp3) is 0.417. The van der Waals surface area contributed by atoms with Crippen molar-refractivity contribution in [2.45, 2.75) is 50.0 Å². The zero-order chi connectivity index (χ0) is 26.3. The minimum Gasteiger partial charge on any atom is -0.451 e. The molecule has 0 spiro atoms. The van der Waals surface area contributed by atoms with Gasteiger partial charge in [0.25, 0.3) is 5.91 Å². The Morgan fingerprint density at radius 2 is 1.75 bits per heavy atom. The number of rotatable bonds is 10. The van der Waals surface area contributed by atoms with Gasteiger partial charge in [0.15, 0.2) is 17.4 Å². The maximum Gasteiger partial charge on any atom is 0.263 e. The molecule has 0 saturated carbocycles. The van der Waals surface area contributed by atoms with E-state index >= 15 is 0 Å². The zero-order valence-corrected chi connectivity index (χ0v) is 20.6. The lowest BCUT2D eigenvalue weighted by molar-refractivity contribution is -0.139. The molecule has 1 fully saturated rings. The molecule has 1 aliphatic heterocycles. The fourth-order valence-corrected chi connectivity index (χ4v) is 5.55. The van der Waals surface area contributed by atoms with Crippen LogP contribution in [0.15, 0.2) is 47.4 Å². The van der Waals surface area contributed by atoms with Gasteiger partial charge in [0, 0.05) is 26.1 Å². The third-order valence-corrected chi connectivity index (χ3v) is 7.77. The number of benzene rings is 2. The molecular formula is C24H29F2N3O6S. The van der Waals surface area contributed by atoms with Gasteiger partial charge in [0.2, 0.25) is 15.9 Å². The van der Waals surface area contributed by atoms with Gasteiger partial charge in [-0.3, -0.25) is 14.8 Å². The van der Waals surface area contributed by atoms with Crippen LogP contribution in [-0.2, 0) is 19.6 Å². The summed E-state index contributed by atoms with van der Waals surface area (Å²) < 4.78 is 62.0. The highest BCUT2D eigenvalue weighted by molar-refractivity contribution is 7.89. The lowest BCUT2D eigenvalue weighted by atomic mass is 10.1. The summed E-state index contributed by atoms with van der Waals surface area (Å²) in [5.41, 5.74) is 1.42. The van der Waals surface area contributed by atoms with Crippen LogP contribution in [0.4, 0.5) is 8.78 Å². The van der Waals surface area contributed by atoms with Crippen LogP contribution < -0.4 is 10.2 Å². The second-order valence-electron chi connectivity index (χ2n) is 8.39. The molecule has 0 bridgehead atoms. The molecule has 2 N–H and O–H groups in total. The Balaban J connectivity index is 1.82. The number of hydrogen-bond acceptors (Lipinski definition) is 6. The van der Waals surface area contributed by atoms with Crippen molar-refractivity contribution in [1.29, 1.82) is 0 Å². The second-order valence-corrected chi connectivity index (χ2v) is 10.3. The minimum atomic E-state index is -4.59. The maximum atomic E-state index is 14.7. The van der Waals surface area contributed by atoms with Gasteiger partial charge in [0.1, 0.15) is 11.8 Å². The molecule has 1 heterocycles. The standard InChI is InChI=1S/C24H29F2N3O6S/c1-2-3-4-8-11-22(30)28-12-13-29(21(16-28)24(31)27-32)36(33,34)18-14-19(25)23(20(26)15-18)35-17-9-6-5-7-10-17/h5-7,9-10,14-15,21,32H,2-4,8,11-13,16H2,1H3,(H,27,31)/t21-/m1/s1. The Morgan fingerprint density at radius 1 is 1.08 bits per heavy atom. The fourth-order valence-electron chi connectivity index (χ4n) is 3.95. The van der Waals surface area contributed by atoms with Gasteiger partial charge in [0.05, 0.1) is 4.90 Å². The molecule has 2 aromatic rings. The number of ether oxygens (including phenoxy) is 1. The summed E-state index contributed by atoms with van der Waals surface area (Å²) in [7, 11) is -4.59. The lowest BCUT2D eigenvalue weighted by Crippen LogP contribution is -2.61. The van der Waals surface area contributed by atoms with Crippen molar-refractivity contribution in [3.05, 3.63) is 54.1 Å². The van der Waals surface area contributed by atoms with E-state index in [9.17, 15) is 32.0 Å². The van der Waals surface area contributed by atoms with Crippen molar-refractivity contribution >= 4 is 21.8 Å². The monoisotopic (exact) mass is 525 g/mol. The number of nitrogens with zero attached hydrogens (tertiary/aromatic N) is 2. The van der Waals surface area contributed by atoms with E-state index in [4.69, 9.17) is 4.74 Å². The summed E-state index contributed by atoms with van der Waals surface area (Å²) in [6, 6.07) is 7.58. The third-order valence-electron chi connectivity index (χ3n) is 5.88. The van der Waals surface area contributed by atoms with E-state index in [2.05, 4.69) is 0 Å². The predicted molar refractivity (Wildman–Crippen MR) is 126 cm³/mol. The van der Waals surface area contributed by atoms with Crippen molar-refractivity contribution in [2.24, 2.45) is 0 Å². The first kappa shape index (κ1) is 27.5. The molecule has 0 aromatic heterocycles. The summed E-state index contributed by atoms with van der Waals surface area (Å²) in [6.45, 7) is 1.42. The Kier molecular flexibility index (Phi) is 9.35. The van der Waals surface area contributed by atoms with Crippen molar-refractivity contribution in [3.8, 4) is 11.5 Å². The highest BCUT2D eigenvalue weighted by Crippen LogP contribution is 2.32. The highest BCUT2D eigenvalue weighted by Gasteiger charge is 2.41. The summed E-state index contributed by atoms with van der Waals surface area (Å²) in [5, 5.41) is 9.17. The number of hydrogen-bond donors (Lipinski definition) is 2. The lowest BCUT2D eigenvalue weighted by Gasteiger charge is -2.39. The molecule has 0 aliphatic carbocycles. The largest absolute Gasteiger partial charge is 0.451 e. The molecule has 196 valence electrons. The molecule has 36 heavy (non-hydrogen) atoms. The van der Waals surface area contributed by atoms with E-state index < -0.39 is 44.3 Å². The molecule has 1 saturated heterocycles. The van der Waals surface area contributed by atoms with Crippen LogP contribution in [0.2, 0.25) is 0 Å². The minimum absolute atomic E-state index is 0.0127. The highest BCUT2D eigenvalue weighted by atomic mass is 32.2. The normalized spacial score (nSPS) is 16.6. The molecule has 1 aliphatic rings. The second kappa shape index (κ2) is 12.2. The molecule has 0 radical (unpaired) electrons. The number of carbonyl (C=O) groups is 2. The van der Waals surface area contributed by atoms with Gasteiger partial charge < -0.3 is 9.64 Å². The SMILES string of the molecule is CCCCCCC(=O)N1CCN(S(=O)(=O)c2cc(F)c(Oc3ccccc3)c(F)c2)[C@@H](C(=O)NO)C1. The van der Waals surface area contributed by atoms with Gasteiger partial charge >= 0.3 is 0 Å². The number of hydroxylamine groups is 1. The molecule has 3 rings (SSSR count). The summed E-state index contributed by atoms with van der Waals surface area (Å²) >= 11 is 0. The van der Waals surface area contributed by atoms with Crippen molar-refractivity contribution < 1.29 is 36.7 Å². The average Bonchev–Trinajstić information content (AvgIpc) is 2.88. The maximum absolute atomic E-state index is 14.7. The van der Waals surface area contributed by atoms with Crippen LogP contribution in [0.25, 0.3) is 0 Å². The van der Waals surface area contributed by atoms with Gasteiger partial charge in [-0.2, -0.15) is 4.31 Å². The van der Waals surface area contributed by atoms with E-state index in [0.29, 0.717) is 18.6 Å². The van der Waals surface area contributed by atoms with Crippen LogP contribution in [0.3, 0.4) is 0 Å². The summed E-state index contributed by atoms with van der Waals surface area (Å²) in [5.74, 6) is -4.42. The van der Waals surface area contributed by atoms with Crippen molar-refractivity contribution in [3.63, 3.8) is 0 Å². The summed E-state index contributed by atoms with van der Waals surface area (Å²) in [4.78, 5) is 25.5. The van der Waals surface area contributed by atoms with Crippen LogP contribution in [-0.4, -0.2) is 60.3 Å². The van der Waals surface area contributed by atoms with Crippen molar-refractivity contribution in [2.75, 3.05) is 19.6 Å². The third kappa shape index (κ3) is 6.37. The molecule has 1 atom stereocenters. The van der Waals surface area contributed by atoms with E-state index in [1.807, 2.05) is 6.92 Å². The van der Waals surface area contributed by atoms with Gasteiger partial charge in [-0.25, -0.2) is 22.7 Å². The molecule has 12 heteroatoms. The molecular weight excluding hydrogens is 496 g/mol. The molecule has 2 amide bonds. The first-order chi connectivity index (χ1) is 17.2. The Morgan fingerprint density at radius 3 is 2.36 bits per heavy atom. The average molecular weight is 526 g/mol. The van der Waals surface area contributed by atoms with Gasteiger partial charge in [-0.15, -0.1) is 0 Å².